The highest BCUT2D eigenvalue weighted by molar-refractivity contribution is 5.43. The number of anilines is 1. The van der Waals surface area contributed by atoms with Crippen molar-refractivity contribution in [2.75, 3.05) is 5.73 Å². The zero-order chi connectivity index (χ0) is 13.1. The van der Waals surface area contributed by atoms with E-state index in [0.717, 1.165) is 29.8 Å². The molecular formula is C15H17N3O. The van der Waals surface area contributed by atoms with Crippen molar-refractivity contribution in [3.63, 3.8) is 0 Å². The van der Waals surface area contributed by atoms with Gasteiger partial charge in [0, 0.05) is 11.3 Å². The van der Waals surface area contributed by atoms with Gasteiger partial charge in [-0.2, -0.15) is 0 Å². The quantitative estimate of drug-likeness (QED) is 0.915. The van der Waals surface area contributed by atoms with Crippen LogP contribution >= 0.6 is 0 Å². The number of para-hydroxylation sites is 1. The van der Waals surface area contributed by atoms with E-state index in [-0.39, 0.29) is 0 Å². The number of nitrogens with zero attached hydrogens (tertiary/aromatic N) is 2. The van der Waals surface area contributed by atoms with Crippen LogP contribution in [0.1, 0.15) is 29.9 Å². The molecule has 1 aromatic heterocycles. The molecule has 4 nitrogen and oxygen atoms in total. The first-order valence-corrected chi connectivity index (χ1v) is 6.65. The van der Waals surface area contributed by atoms with Crippen LogP contribution in [0.3, 0.4) is 0 Å². The monoisotopic (exact) mass is 255 g/mol. The number of hydrogen-bond donors (Lipinski definition) is 1. The lowest BCUT2D eigenvalue weighted by Gasteiger charge is -2.17. The van der Waals surface area contributed by atoms with E-state index in [9.17, 15) is 0 Å². The third-order valence-corrected chi connectivity index (χ3v) is 3.37. The smallest absolute Gasteiger partial charge is 0.168 e. The van der Waals surface area contributed by atoms with Gasteiger partial charge >= 0.3 is 0 Å². The third kappa shape index (κ3) is 2.67. The Kier molecular flexibility index (Phi) is 3.31. The molecule has 4 heteroatoms. The largest absolute Gasteiger partial charge is 0.486 e. The number of fused-ring (bicyclic) bond motifs is 1. The molecule has 0 spiro atoms. The molecule has 0 unspecified atom stereocenters. The number of hydrogen-bond acceptors (Lipinski definition) is 4. The molecule has 98 valence electrons. The number of aromatic nitrogens is 2. The van der Waals surface area contributed by atoms with Gasteiger partial charge in [0.15, 0.2) is 5.82 Å². The van der Waals surface area contributed by atoms with Gasteiger partial charge in [-0.1, -0.05) is 18.2 Å². The second-order valence-corrected chi connectivity index (χ2v) is 4.76. The van der Waals surface area contributed by atoms with Gasteiger partial charge < -0.3 is 10.5 Å². The maximum Gasteiger partial charge on any atom is 0.168 e. The highest BCUT2D eigenvalue weighted by Gasteiger charge is 2.16. The van der Waals surface area contributed by atoms with E-state index in [4.69, 9.17) is 10.5 Å². The Bertz CT molecular complexity index is 569. The van der Waals surface area contributed by atoms with Gasteiger partial charge in [-0.05, 0) is 37.8 Å². The number of ether oxygens (including phenoxy) is 1. The fourth-order valence-corrected chi connectivity index (χ4v) is 2.41. The Morgan fingerprint density at radius 1 is 1.05 bits per heavy atom. The summed E-state index contributed by atoms with van der Waals surface area (Å²) in [5.41, 5.74) is 8.24. The van der Waals surface area contributed by atoms with Gasteiger partial charge in [-0.3, -0.25) is 0 Å². The lowest BCUT2D eigenvalue weighted by Crippen LogP contribution is -2.14. The SMILES string of the molecule is Nc1nc(COc2ccccc2)nc2c1CCCC2. The van der Waals surface area contributed by atoms with E-state index in [2.05, 4.69) is 9.97 Å². The molecule has 0 aliphatic heterocycles. The molecule has 0 radical (unpaired) electrons. The van der Waals surface area contributed by atoms with Crippen LogP contribution in [0.4, 0.5) is 5.82 Å². The van der Waals surface area contributed by atoms with Gasteiger partial charge in [0.25, 0.3) is 0 Å². The Morgan fingerprint density at radius 2 is 1.84 bits per heavy atom. The maximum atomic E-state index is 6.00. The van der Waals surface area contributed by atoms with Crippen molar-refractivity contribution < 1.29 is 4.74 Å². The van der Waals surface area contributed by atoms with E-state index in [1.165, 1.54) is 12.8 Å². The van der Waals surface area contributed by atoms with Crippen LogP contribution in [0.15, 0.2) is 30.3 Å². The number of rotatable bonds is 3. The number of aryl methyl sites for hydroxylation is 1. The summed E-state index contributed by atoms with van der Waals surface area (Å²) >= 11 is 0. The molecule has 0 fully saturated rings. The van der Waals surface area contributed by atoms with E-state index < -0.39 is 0 Å². The van der Waals surface area contributed by atoms with Crippen molar-refractivity contribution in [2.45, 2.75) is 32.3 Å². The van der Waals surface area contributed by atoms with Crippen LogP contribution in [0.2, 0.25) is 0 Å². The highest BCUT2D eigenvalue weighted by atomic mass is 16.5. The Labute approximate surface area is 112 Å². The van der Waals surface area contributed by atoms with E-state index in [0.29, 0.717) is 18.2 Å². The molecule has 1 aromatic carbocycles. The minimum Gasteiger partial charge on any atom is -0.486 e. The summed E-state index contributed by atoms with van der Waals surface area (Å²) in [7, 11) is 0. The van der Waals surface area contributed by atoms with E-state index in [1.54, 1.807) is 0 Å². The summed E-state index contributed by atoms with van der Waals surface area (Å²) in [6.45, 7) is 0.363. The van der Waals surface area contributed by atoms with Crippen molar-refractivity contribution in [3.8, 4) is 5.75 Å². The first-order chi connectivity index (χ1) is 9.33. The topological polar surface area (TPSA) is 61.0 Å². The number of benzene rings is 1. The van der Waals surface area contributed by atoms with Crippen LogP contribution in [-0.2, 0) is 19.4 Å². The molecule has 1 aliphatic carbocycles. The van der Waals surface area contributed by atoms with E-state index in [1.807, 2.05) is 30.3 Å². The number of nitrogens with two attached hydrogens (primary N) is 1. The molecule has 1 aliphatic rings. The summed E-state index contributed by atoms with van der Waals surface area (Å²) in [5.74, 6) is 2.11. The molecule has 0 saturated heterocycles. The molecule has 0 atom stereocenters. The predicted octanol–water partition coefficient (Wildman–Crippen LogP) is 2.52. The third-order valence-electron chi connectivity index (χ3n) is 3.37. The molecule has 3 rings (SSSR count). The fraction of sp³-hybridized carbons (Fsp3) is 0.333. The number of nitrogen functional groups attached to an aromatic ring is 1. The minimum absolute atomic E-state index is 0.363. The minimum atomic E-state index is 0.363. The molecule has 0 saturated carbocycles. The van der Waals surface area contributed by atoms with Gasteiger partial charge in [-0.15, -0.1) is 0 Å². The maximum absolute atomic E-state index is 6.00. The van der Waals surface area contributed by atoms with Crippen LogP contribution in [0.5, 0.6) is 5.75 Å². The summed E-state index contributed by atoms with van der Waals surface area (Å²) in [6, 6.07) is 9.68. The van der Waals surface area contributed by atoms with Gasteiger partial charge in [0.1, 0.15) is 18.2 Å². The van der Waals surface area contributed by atoms with Gasteiger partial charge in [-0.25, -0.2) is 9.97 Å². The Balaban J connectivity index is 1.76. The summed E-state index contributed by atoms with van der Waals surface area (Å²) in [6.07, 6.45) is 4.37. The second kappa shape index (κ2) is 5.26. The molecular weight excluding hydrogens is 238 g/mol. The van der Waals surface area contributed by atoms with Gasteiger partial charge in [0.05, 0.1) is 0 Å². The molecule has 0 amide bonds. The summed E-state index contributed by atoms with van der Waals surface area (Å²) < 4.78 is 5.66. The Morgan fingerprint density at radius 3 is 2.68 bits per heavy atom. The molecule has 0 bridgehead atoms. The normalized spacial score (nSPS) is 13.9. The van der Waals surface area contributed by atoms with Crippen molar-refractivity contribution in [1.29, 1.82) is 0 Å². The van der Waals surface area contributed by atoms with Crippen molar-refractivity contribution >= 4 is 5.82 Å². The van der Waals surface area contributed by atoms with Gasteiger partial charge in [0.2, 0.25) is 0 Å². The van der Waals surface area contributed by atoms with Crippen LogP contribution in [0, 0.1) is 0 Å². The lowest BCUT2D eigenvalue weighted by atomic mass is 9.96. The summed E-state index contributed by atoms with van der Waals surface area (Å²) in [5, 5.41) is 0. The predicted molar refractivity (Wildman–Crippen MR) is 73.9 cm³/mol. The average molecular weight is 255 g/mol. The van der Waals surface area contributed by atoms with Crippen LogP contribution in [0.25, 0.3) is 0 Å². The Hall–Kier alpha value is -2.10. The first-order valence-electron chi connectivity index (χ1n) is 6.65. The van der Waals surface area contributed by atoms with Crippen molar-refractivity contribution in [3.05, 3.63) is 47.4 Å². The van der Waals surface area contributed by atoms with Crippen LogP contribution < -0.4 is 10.5 Å². The van der Waals surface area contributed by atoms with Crippen molar-refractivity contribution in [2.24, 2.45) is 0 Å². The molecule has 2 aromatic rings. The average Bonchev–Trinajstić information content (AvgIpc) is 2.46. The van der Waals surface area contributed by atoms with Crippen molar-refractivity contribution in [1.82, 2.24) is 9.97 Å². The second-order valence-electron chi connectivity index (χ2n) is 4.76. The lowest BCUT2D eigenvalue weighted by molar-refractivity contribution is 0.295. The fourth-order valence-electron chi connectivity index (χ4n) is 2.41. The van der Waals surface area contributed by atoms with Crippen LogP contribution in [-0.4, -0.2) is 9.97 Å². The standard InChI is InChI=1S/C15H17N3O/c16-15-12-8-4-5-9-13(12)17-14(18-15)10-19-11-6-2-1-3-7-11/h1-3,6-7H,4-5,8-10H2,(H2,16,17,18). The highest BCUT2D eigenvalue weighted by Crippen LogP contribution is 2.23. The molecule has 1 heterocycles. The van der Waals surface area contributed by atoms with E-state index >= 15 is 0 Å². The first kappa shape index (κ1) is 12.0. The molecule has 2 N–H and O–H groups in total. The summed E-state index contributed by atoms with van der Waals surface area (Å²) in [4.78, 5) is 8.92. The molecule has 19 heavy (non-hydrogen) atoms. The zero-order valence-electron chi connectivity index (χ0n) is 10.8. The zero-order valence-corrected chi connectivity index (χ0v) is 10.8.